The topological polar surface area (TPSA) is 23.5 Å². The summed E-state index contributed by atoms with van der Waals surface area (Å²) in [7, 11) is 4.23. The normalized spacial score (nSPS) is 32.7. The fourth-order valence-electron chi connectivity index (χ4n) is 1.84. The van der Waals surface area contributed by atoms with Gasteiger partial charge in [-0.1, -0.05) is 0 Å². The standard InChI is InChI=1S/C9H19NO/c1-10(2)7-8-3-5-9(11)6-4-8/h8-9,11H,3-7H2,1-2H3. The van der Waals surface area contributed by atoms with Gasteiger partial charge < -0.3 is 10.0 Å². The second-order valence-electron chi connectivity index (χ2n) is 3.94. The Balaban J connectivity index is 2.17. The fourth-order valence-corrected chi connectivity index (χ4v) is 1.84. The summed E-state index contributed by atoms with van der Waals surface area (Å²) in [5.41, 5.74) is 0. The van der Waals surface area contributed by atoms with E-state index in [2.05, 4.69) is 19.0 Å². The van der Waals surface area contributed by atoms with Crippen LogP contribution in [-0.2, 0) is 0 Å². The molecule has 0 atom stereocenters. The molecule has 0 amide bonds. The third kappa shape index (κ3) is 3.21. The molecule has 0 aromatic rings. The second kappa shape index (κ2) is 4.07. The van der Waals surface area contributed by atoms with Crippen molar-refractivity contribution in [1.82, 2.24) is 4.90 Å². The van der Waals surface area contributed by atoms with Gasteiger partial charge in [-0.2, -0.15) is 0 Å². The molecule has 1 aliphatic carbocycles. The first kappa shape index (κ1) is 9.01. The first-order valence-electron chi connectivity index (χ1n) is 4.51. The zero-order valence-corrected chi connectivity index (χ0v) is 7.58. The maximum absolute atomic E-state index is 9.25. The van der Waals surface area contributed by atoms with Crippen molar-refractivity contribution in [2.45, 2.75) is 31.8 Å². The molecule has 1 rings (SSSR count). The smallest absolute Gasteiger partial charge is 0.0540 e. The third-order valence-electron chi connectivity index (χ3n) is 2.44. The van der Waals surface area contributed by atoms with Gasteiger partial charge in [-0.3, -0.25) is 0 Å². The van der Waals surface area contributed by atoms with Crippen molar-refractivity contribution in [3.8, 4) is 0 Å². The molecule has 1 fully saturated rings. The van der Waals surface area contributed by atoms with Gasteiger partial charge in [-0.25, -0.2) is 0 Å². The van der Waals surface area contributed by atoms with Crippen LogP contribution < -0.4 is 0 Å². The van der Waals surface area contributed by atoms with E-state index in [1.165, 1.54) is 19.4 Å². The van der Waals surface area contributed by atoms with Crippen molar-refractivity contribution in [1.29, 1.82) is 0 Å². The minimum Gasteiger partial charge on any atom is -0.393 e. The van der Waals surface area contributed by atoms with E-state index in [4.69, 9.17) is 0 Å². The van der Waals surface area contributed by atoms with Crippen LogP contribution in [0, 0.1) is 5.92 Å². The lowest BCUT2D eigenvalue weighted by molar-refractivity contribution is 0.100. The Labute approximate surface area is 69.2 Å². The van der Waals surface area contributed by atoms with Gasteiger partial charge in [0.25, 0.3) is 0 Å². The van der Waals surface area contributed by atoms with Gasteiger partial charge in [0.05, 0.1) is 6.10 Å². The summed E-state index contributed by atoms with van der Waals surface area (Å²) >= 11 is 0. The second-order valence-corrected chi connectivity index (χ2v) is 3.94. The highest BCUT2D eigenvalue weighted by molar-refractivity contribution is 4.72. The van der Waals surface area contributed by atoms with Gasteiger partial charge >= 0.3 is 0 Å². The van der Waals surface area contributed by atoms with E-state index in [1.807, 2.05) is 0 Å². The minimum absolute atomic E-state index is 0.00610. The van der Waals surface area contributed by atoms with Crippen LogP contribution in [0.4, 0.5) is 0 Å². The van der Waals surface area contributed by atoms with Gasteiger partial charge in [0.2, 0.25) is 0 Å². The Bertz CT molecular complexity index is 106. The zero-order valence-electron chi connectivity index (χ0n) is 7.58. The molecule has 0 aliphatic heterocycles. The van der Waals surface area contributed by atoms with Gasteiger partial charge in [0, 0.05) is 6.54 Å². The maximum atomic E-state index is 9.25. The SMILES string of the molecule is CN(C)CC1CCC(O)CC1. The molecular weight excluding hydrogens is 138 g/mol. The van der Waals surface area contributed by atoms with Gasteiger partial charge in [0.1, 0.15) is 0 Å². The average Bonchev–Trinajstić information content (AvgIpc) is 1.93. The number of hydrogen-bond acceptors (Lipinski definition) is 2. The molecule has 1 N–H and O–H groups in total. The summed E-state index contributed by atoms with van der Waals surface area (Å²) in [4.78, 5) is 2.24. The van der Waals surface area contributed by atoms with Crippen LogP contribution in [0.3, 0.4) is 0 Å². The Morgan fingerprint density at radius 3 is 2.18 bits per heavy atom. The summed E-state index contributed by atoms with van der Waals surface area (Å²) in [5, 5.41) is 9.25. The van der Waals surface area contributed by atoms with Crippen molar-refractivity contribution < 1.29 is 5.11 Å². The molecule has 1 aliphatic rings. The molecule has 0 spiro atoms. The Hall–Kier alpha value is -0.0800. The molecule has 0 aromatic heterocycles. The Morgan fingerprint density at radius 1 is 1.18 bits per heavy atom. The lowest BCUT2D eigenvalue weighted by Gasteiger charge is -2.27. The van der Waals surface area contributed by atoms with Crippen LogP contribution in [0.25, 0.3) is 0 Å². The molecule has 11 heavy (non-hydrogen) atoms. The molecule has 0 unspecified atom stereocenters. The minimum atomic E-state index is -0.00610. The van der Waals surface area contributed by atoms with Crippen molar-refractivity contribution in [3.63, 3.8) is 0 Å². The molecule has 2 nitrogen and oxygen atoms in total. The number of nitrogens with zero attached hydrogens (tertiary/aromatic N) is 1. The number of rotatable bonds is 2. The van der Waals surface area contributed by atoms with E-state index in [1.54, 1.807) is 0 Å². The molecule has 2 heteroatoms. The quantitative estimate of drug-likeness (QED) is 0.649. The predicted octanol–water partition coefficient (Wildman–Crippen LogP) is 1.10. The number of hydrogen-bond donors (Lipinski definition) is 1. The molecule has 66 valence electrons. The fraction of sp³-hybridized carbons (Fsp3) is 1.00. The highest BCUT2D eigenvalue weighted by Crippen LogP contribution is 2.24. The number of aliphatic hydroxyl groups is 1. The van der Waals surface area contributed by atoms with E-state index in [-0.39, 0.29) is 6.10 Å². The first-order valence-corrected chi connectivity index (χ1v) is 4.51. The molecule has 0 heterocycles. The summed E-state index contributed by atoms with van der Waals surface area (Å²) in [6, 6.07) is 0. The van der Waals surface area contributed by atoms with Crippen LogP contribution in [0.2, 0.25) is 0 Å². The van der Waals surface area contributed by atoms with Crippen LogP contribution in [0.15, 0.2) is 0 Å². The molecule has 0 aromatic carbocycles. The molecule has 0 bridgehead atoms. The van der Waals surface area contributed by atoms with Crippen LogP contribution >= 0.6 is 0 Å². The highest BCUT2D eigenvalue weighted by Gasteiger charge is 2.19. The predicted molar refractivity (Wildman–Crippen MR) is 46.5 cm³/mol. The van der Waals surface area contributed by atoms with Crippen molar-refractivity contribution >= 4 is 0 Å². The summed E-state index contributed by atoms with van der Waals surface area (Å²) in [6.45, 7) is 1.19. The molecular formula is C9H19NO. The third-order valence-corrected chi connectivity index (χ3v) is 2.44. The summed E-state index contributed by atoms with van der Waals surface area (Å²) in [5.74, 6) is 0.827. The van der Waals surface area contributed by atoms with Crippen LogP contribution in [-0.4, -0.2) is 36.8 Å². The van der Waals surface area contributed by atoms with E-state index in [9.17, 15) is 5.11 Å². The monoisotopic (exact) mass is 157 g/mol. The van der Waals surface area contributed by atoms with Gasteiger partial charge in [0.15, 0.2) is 0 Å². The van der Waals surface area contributed by atoms with Gasteiger partial charge in [-0.05, 0) is 45.7 Å². The molecule has 0 radical (unpaired) electrons. The Morgan fingerprint density at radius 2 is 1.73 bits per heavy atom. The van der Waals surface area contributed by atoms with E-state index >= 15 is 0 Å². The molecule has 1 saturated carbocycles. The van der Waals surface area contributed by atoms with E-state index in [0.29, 0.717) is 0 Å². The van der Waals surface area contributed by atoms with Crippen molar-refractivity contribution in [2.24, 2.45) is 5.92 Å². The summed E-state index contributed by atoms with van der Waals surface area (Å²) in [6.07, 6.45) is 4.43. The van der Waals surface area contributed by atoms with Crippen molar-refractivity contribution in [3.05, 3.63) is 0 Å². The summed E-state index contributed by atoms with van der Waals surface area (Å²) < 4.78 is 0. The average molecular weight is 157 g/mol. The largest absolute Gasteiger partial charge is 0.393 e. The number of aliphatic hydroxyl groups excluding tert-OH is 1. The highest BCUT2D eigenvalue weighted by atomic mass is 16.3. The van der Waals surface area contributed by atoms with Gasteiger partial charge in [-0.15, -0.1) is 0 Å². The van der Waals surface area contributed by atoms with E-state index < -0.39 is 0 Å². The first-order chi connectivity index (χ1) is 5.18. The lowest BCUT2D eigenvalue weighted by atomic mass is 9.87. The lowest BCUT2D eigenvalue weighted by Crippen LogP contribution is -2.27. The zero-order chi connectivity index (χ0) is 8.27. The Kier molecular flexibility index (Phi) is 3.34. The maximum Gasteiger partial charge on any atom is 0.0540 e. The van der Waals surface area contributed by atoms with E-state index in [0.717, 1.165) is 18.8 Å². The molecule has 0 saturated heterocycles. The van der Waals surface area contributed by atoms with Crippen molar-refractivity contribution in [2.75, 3.05) is 20.6 Å². The van der Waals surface area contributed by atoms with Crippen LogP contribution in [0.1, 0.15) is 25.7 Å². The van der Waals surface area contributed by atoms with Crippen LogP contribution in [0.5, 0.6) is 0 Å².